The Balaban J connectivity index is 1.96. The Morgan fingerprint density at radius 3 is 2.95 bits per heavy atom. The number of carbonyl (C=O) groups is 1. The number of benzene rings is 1. The fraction of sp³-hybridized carbons (Fsp3) is 0.200. The molecule has 0 saturated heterocycles. The highest BCUT2D eigenvalue weighted by Gasteiger charge is 2.13. The van der Waals surface area contributed by atoms with Crippen LogP contribution in [0.2, 0.25) is 5.02 Å². The Hall–Kier alpha value is -2.23. The van der Waals surface area contributed by atoms with Crippen LogP contribution >= 0.6 is 22.9 Å². The highest BCUT2D eigenvalue weighted by molar-refractivity contribution is 7.09. The molecule has 0 bridgehead atoms. The van der Waals surface area contributed by atoms with Crippen LogP contribution in [0, 0.1) is 11.3 Å². The first-order valence-corrected chi connectivity index (χ1v) is 7.59. The molecule has 1 amide bonds. The number of hydrogen-bond acceptors (Lipinski definition) is 5. The van der Waals surface area contributed by atoms with Crippen molar-refractivity contribution < 1.29 is 14.3 Å². The van der Waals surface area contributed by atoms with E-state index in [0.29, 0.717) is 17.9 Å². The van der Waals surface area contributed by atoms with E-state index >= 15 is 0 Å². The van der Waals surface area contributed by atoms with E-state index in [1.807, 2.05) is 23.6 Å². The normalized spacial score (nSPS) is 9.86. The number of thiophene rings is 1. The first-order valence-electron chi connectivity index (χ1n) is 6.33. The zero-order chi connectivity index (χ0) is 15.9. The molecule has 1 aromatic carbocycles. The van der Waals surface area contributed by atoms with Crippen LogP contribution < -0.4 is 14.8 Å². The Morgan fingerprint density at radius 1 is 1.50 bits per heavy atom. The number of amides is 1. The predicted octanol–water partition coefficient (Wildman–Crippen LogP) is 2.98. The molecule has 0 aliphatic carbocycles. The van der Waals surface area contributed by atoms with Gasteiger partial charge in [-0.05, 0) is 17.5 Å². The molecule has 0 fully saturated rings. The predicted molar refractivity (Wildman–Crippen MR) is 84.4 cm³/mol. The van der Waals surface area contributed by atoms with Crippen molar-refractivity contribution in [2.45, 2.75) is 6.54 Å². The van der Waals surface area contributed by atoms with E-state index in [1.54, 1.807) is 11.3 Å². The fourth-order valence-electron chi connectivity index (χ4n) is 1.71. The molecule has 0 aliphatic rings. The number of nitrogens with one attached hydrogen (secondary N) is 1. The topological polar surface area (TPSA) is 71.3 Å². The molecular weight excluding hydrogens is 324 g/mol. The van der Waals surface area contributed by atoms with Crippen molar-refractivity contribution in [2.75, 3.05) is 13.7 Å². The van der Waals surface area contributed by atoms with Crippen LogP contribution in [0.3, 0.4) is 0 Å². The molecular formula is C15H13ClN2O3S. The lowest BCUT2D eigenvalue weighted by molar-refractivity contribution is -0.123. The Kier molecular flexibility index (Phi) is 5.64. The number of nitriles is 1. The van der Waals surface area contributed by atoms with E-state index in [1.165, 1.54) is 19.2 Å². The highest BCUT2D eigenvalue weighted by atomic mass is 35.5. The number of ether oxygens (including phenoxy) is 2. The molecule has 22 heavy (non-hydrogen) atoms. The maximum Gasteiger partial charge on any atom is 0.258 e. The summed E-state index contributed by atoms with van der Waals surface area (Å²) in [6.07, 6.45) is 0. The molecule has 5 nitrogen and oxygen atoms in total. The number of rotatable bonds is 6. The Bertz CT molecular complexity index is 696. The monoisotopic (exact) mass is 336 g/mol. The molecule has 114 valence electrons. The molecule has 0 saturated carbocycles. The van der Waals surface area contributed by atoms with Crippen LogP contribution in [0.5, 0.6) is 11.5 Å². The molecule has 1 N–H and O–H groups in total. The number of methoxy groups -OCH3 is 1. The minimum atomic E-state index is -0.268. The molecule has 1 aromatic heterocycles. The average molecular weight is 337 g/mol. The quantitative estimate of drug-likeness (QED) is 0.880. The van der Waals surface area contributed by atoms with Gasteiger partial charge in [0.25, 0.3) is 5.91 Å². The summed E-state index contributed by atoms with van der Waals surface area (Å²) >= 11 is 7.61. The van der Waals surface area contributed by atoms with Crippen LogP contribution in [0.25, 0.3) is 0 Å². The van der Waals surface area contributed by atoms with Crippen molar-refractivity contribution in [3.8, 4) is 17.6 Å². The van der Waals surface area contributed by atoms with Crippen molar-refractivity contribution in [3.05, 3.63) is 45.1 Å². The Morgan fingerprint density at radius 2 is 2.32 bits per heavy atom. The lowest BCUT2D eigenvalue weighted by Gasteiger charge is -2.12. The Labute approximate surface area is 137 Å². The third-order valence-corrected chi connectivity index (χ3v) is 3.90. The van der Waals surface area contributed by atoms with Crippen LogP contribution in [-0.4, -0.2) is 19.6 Å². The second kappa shape index (κ2) is 7.69. The first kappa shape index (κ1) is 16.1. The largest absolute Gasteiger partial charge is 0.493 e. The van der Waals surface area contributed by atoms with Gasteiger partial charge in [0.2, 0.25) is 0 Å². The van der Waals surface area contributed by atoms with Crippen molar-refractivity contribution >= 4 is 28.8 Å². The molecule has 2 aromatic rings. The SMILES string of the molecule is COc1cc(C#N)cc(Cl)c1OCC(=O)NCc1cccs1. The molecule has 7 heteroatoms. The fourth-order valence-corrected chi connectivity index (χ4v) is 2.62. The second-order valence-corrected chi connectivity index (χ2v) is 5.69. The van der Waals surface area contributed by atoms with Crippen molar-refractivity contribution in [2.24, 2.45) is 0 Å². The molecule has 1 heterocycles. The first-order chi connectivity index (χ1) is 10.6. The van der Waals surface area contributed by atoms with Gasteiger partial charge in [-0.2, -0.15) is 5.26 Å². The van der Waals surface area contributed by atoms with E-state index in [9.17, 15) is 4.79 Å². The number of hydrogen-bond donors (Lipinski definition) is 1. The number of carbonyl (C=O) groups excluding carboxylic acids is 1. The maximum atomic E-state index is 11.8. The highest BCUT2D eigenvalue weighted by Crippen LogP contribution is 2.36. The summed E-state index contributed by atoms with van der Waals surface area (Å²) in [4.78, 5) is 12.8. The number of halogens is 1. The van der Waals surface area contributed by atoms with Crippen LogP contribution in [-0.2, 0) is 11.3 Å². The van der Waals surface area contributed by atoms with Crippen LogP contribution in [0.1, 0.15) is 10.4 Å². The van der Waals surface area contributed by atoms with Gasteiger partial charge >= 0.3 is 0 Å². The molecule has 0 spiro atoms. The van der Waals surface area contributed by atoms with Gasteiger partial charge in [0.05, 0.1) is 30.3 Å². The summed E-state index contributed by atoms with van der Waals surface area (Å²) in [5, 5.41) is 13.8. The summed E-state index contributed by atoms with van der Waals surface area (Å²) in [6.45, 7) is 0.269. The van der Waals surface area contributed by atoms with Crippen LogP contribution in [0.4, 0.5) is 0 Å². The molecule has 0 aliphatic heterocycles. The molecule has 0 radical (unpaired) electrons. The van der Waals surface area contributed by atoms with Gasteiger partial charge in [0.1, 0.15) is 0 Å². The third kappa shape index (κ3) is 4.13. The summed E-state index contributed by atoms with van der Waals surface area (Å²) in [5.41, 5.74) is 0.358. The molecule has 0 atom stereocenters. The van der Waals surface area contributed by atoms with E-state index < -0.39 is 0 Å². The lowest BCUT2D eigenvalue weighted by Crippen LogP contribution is -2.28. The zero-order valence-electron chi connectivity index (χ0n) is 11.8. The van der Waals surface area contributed by atoms with E-state index in [-0.39, 0.29) is 23.3 Å². The van der Waals surface area contributed by atoms with Crippen molar-refractivity contribution in [3.63, 3.8) is 0 Å². The van der Waals surface area contributed by atoms with Gasteiger partial charge in [-0.25, -0.2) is 0 Å². The minimum Gasteiger partial charge on any atom is -0.493 e. The minimum absolute atomic E-state index is 0.187. The van der Waals surface area contributed by atoms with E-state index in [4.69, 9.17) is 26.3 Å². The zero-order valence-corrected chi connectivity index (χ0v) is 13.3. The van der Waals surface area contributed by atoms with Gasteiger partial charge in [0, 0.05) is 10.9 Å². The average Bonchev–Trinajstić information content (AvgIpc) is 3.04. The van der Waals surface area contributed by atoms with Gasteiger partial charge in [0.15, 0.2) is 18.1 Å². The third-order valence-electron chi connectivity index (χ3n) is 2.75. The summed E-state index contributed by atoms with van der Waals surface area (Å²) in [5.74, 6) is 0.292. The van der Waals surface area contributed by atoms with E-state index in [2.05, 4.69) is 5.32 Å². The maximum absolute atomic E-state index is 11.8. The standard InChI is InChI=1S/C15H13ClN2O3S/c1-20-13-6-10(7-17)5-12(16)15(13)21-9-14(19)18-8-11-3-2-4-22-11/h2-6H,8-9H2,1H3,(H,18,19). The van der Waals surface area contributed by atoms with Crippen molar-refractivity contribution in [1.29, 1.82) is 5.26 Å². The second-order valence-electron chi connectivity index (χ2n) is 4.25. The summed E-state index contributed by atoms with van der Waals surface area (Å²) < 4.78 is 10.5. The lowest BCUT2D eigenvalue weighted by atomic mass is 10.2. The van der Waals surface area contributed by atoms with Crippen molar-refractivity contribution in [1.82, 2.24) is 5.32 Å². The van der Waals surface area contributed by atoms with Gasteiger partial charge < -0.3 is 14.8 Å². The van der Waals surface area contributed by atoms with Gasteiger partial charge in [-0.1, -0.05) is 17.7 Å². The van der Waals surface area contributed by atoms with Gasteiger partial charge in [-0.3, -0.25) is 4.79 Å². The number of nitrogens with zero attached hydrogens (tertiary/aromatic N) is 1. The molecule has 0 unspecified atom stereocenters. The smallest absolute Gasteiger partial charge is 0.258 e. The molecule has 2 rings (SSSR count). The summed E-state index contributed by atoms with van der Waals surface area (Å²) in [7, 11) is 1.44. The van der Waals surface area contributed by atoms with Crippen LogP contribution in [0.15, 0.2) is 29.6 Å². The summed E-state index contributed by atoms with van der Waals surface area (Å²) in [6, 6.07) is 8.80. The van der Waals surface area contributed by atoms with Gasteiger partial charge in [-0.15, -0.1) is 11.3 Å². The van der Waals surface area contributed by atoms with E-state index in [0.717, 1.165) is 4.88 Å².